The molecule has 0 aliphatic carbocycles. The van der Waals surface area contributed by atoms with Crippen LogP contribution < -0.4 is 10.0 Å². The van der Waals surface area contributed by atoms with Crippen molar-refractivity contribution in [2.75, 3.05) is 0 Å². The number of aldehydes is 1. The lowest BCUT2D eigenvalue weighted by molar-refractivity contribution is -0.126. The van der Waals surface area contributed by atoms with Gasteiger partial charge in [-0.15, -0.1) is 0 Å². The van der Waals surface area contributed by atoms with Gasteiger partial charge in [0.15, 0.2) is 0 Å². The summed E-state index contributed by atoms with van der Waals surface area (Å²) < 4.78 is 28.5. The summed E-state index contributed by atoms with van der Waals surface area (Å²) in [5.41, 5.74) is 0.901. The fourth-order valence-corrected chi connectivity index (χ4v) is 4.71. The molecule has 7 heteroatoms. The van der Waals surface area contributed by atoms with Crippen LogP contribution in [-0.4, -0.2) is 32.7 Å². The fourth-order valence-electron chi connectivity index (χ4n) is 3.34. The van der Waals surface area contributed by atoms with Gasteiger partial charge in [-0.1, -0.05) is 74.5 Å². The summed E-state index contributed by atoms with van der Waals surface area (Å²) in [7, 11) is -3.94. The molecule has 0 unspecified atom stereocenters. The third-order valence-corrected chi connectivity index (χ3v) is 6.49. The van der Waals surface area contributed by atoms with Crippen molar-refractivity contribution in [2.24, 2.45) is 5.92 Å². The number of rotatable bonds is 9. The van der Waals surface area contributed by atoms with Gasteiger partial charge in [0.1, 0.15) is 12.3 Å². The number of carbonyl (C=O) groups excluding carboxylic acids is 2. The summed E-state index contributed by atoms with van der Waals surface area (Å²) in [6.45, 7) is 3.50. The number of carbonyl (C=O) groups is 2. The molecule has 2 N–H and O–H groups in total. The van der Waals surface area contributed by atoms with E-state index in [4.69, 9.17) is 0 Å². The molecular weight excluding hydrogens is 412 g/mol. The van der Waals surface area contributed by atoms with Crippen molar-refractivity contribution in [3.8, 4) is 0 Å². The summed E-state index contributed by atoms with van der Waals surface area (Å²) in [6.07, 6.45) is 0.998. The molecule has 3 rings (SSSR count). The van der Waals surface area contributed by atoms with E-state index in [0.29, 0.717) is 12.7 Å². The van der Waals surface area contributed by atoms with Crippen LogP contribution in [0.1, 0.15) is 19.4 Å². The first-order valence-electron chi connectivity index (χ1n) is 10.1. The minimum Gasteiger partial charge on any atom is -0.345 e. The maximum Gasteiger partial charge on any atom is 0.241 e. The topological polar surface area (TPSA) is 92.3 Å². The first kappa shape index (κ1) is 22.7. The van der Waals surface area contributed by atoms with E-state index in [9.17, 15) is 18.0 Å². The molecule has 0 fully saturated rings. The Morgan fingerprint density at radius 1 is 0.935 bits per heavy atom. The average molecular weight is 439 g/mol. The molecule has 6 nitrogen and oxygen atoms in total. The van der Waals surface area contributed by atoms with Crippen LogP contribution in [0.15, 0.2) is 77.7 Å². The Hall–Kier alpha value is -3.03. The third-order valence-electron chi connectivity index (χ3n) is 5.05. The molecular formula is C24H26N2O4S. The van der Waals surface area contributed by atoms with Crippen LogP contribution in [0.2, 0.25) is 0 Å². The third kappa shape index (κ3) is 5.77. The highest BCUT2D eigenvalue weighted by molar-refractivity contribution is 7.89. The largest absolute Gasteiger partial charge is 0.345 e. The van der Waals surface area contributed by atoms with Gasteiger partial charge in [0, 0.05) is 0 Å². The molecule has 0 radical (unpaired) electrons. The molecule has 3 aromatic rings. The molecule has 31 heavy (non-hydrogen) atoms. The van der Waals surface area contributed by atoms with Gasteiger partial charge in [-0.25, -0.2) is 8.42 Å². The lowest BCUT2D eigenvalue weighted by Gasteiger charge is -2.23. The number of sulfonamides is 1. The predicted octanol–water partition coefficient (Wildman–Crippen LogP) is 3.07. The zero-order valence-corrected chi connectivity index (χ0v) is 18.3. The molecule has 0 bridgehead atoms. The molecule has 0 spiro atoms. The van der Waals surface area contributed by atoms with E-state index in [-0.39, 0.29) is 10.8 Å². The summed E-state index contributed by atoms with van der Waals surface area (Å²) in [6, 6.07) is 19.8. The Balaban J connectivity index is 1.76. The van der Waals surface area contributed by atoms with Crippen molar-refractivity contribution in [1.82, 2.24) is 10.0 Å². The van der Waals surface area contributed by atoms with Crippen LogP contribution in [0, 0.1) is 5.92 Å². The number of hydrogen-bond acceptors (Lipinski definition) is 4. The zero-order chi connectivity index (χ0) is 22.4. The van der Waals surface area contributed by atoms with Gasteiger partial charge in [0.05, 0.1) is 10.9 Å². The lowest BCUT2D eigenvalue weighted by Crippen LogP contribution is -2.52. The quantitative estimate of drug-likeness (QED) is 0.502. The van der Waals surface area contributed by atoms with E-state index in [2.05, 4.69) is 10.0 Å². The molecule has 0 saturated carbocycles. The first-order valence-corrected chi connectivity index (χ1v) is 11.6. The van der Waals surface area contributed by atoms with Gasteiger partial charge in [-0.2, -0.15) is 4.72 Å². The summed E-state index contributed by atoms with van der Waals surface area (Å²) in [5.74, 6) is -0.855. The van der Waals surface area contributed by atoms with Gasteiger partial charge in [0.2, 0.25) is 15.9 Å². The van der Waals surface area contributed by atoms with Crippen molar-refractivity contribution in [1.29, 1.82) is 0 Å². The second kappa shape index (κ2) is 9.85. The van der Waals surface area contributed by atoms with Crippen molar-refractivity contribution in [3.05, 3.63) is 78.4 Å². The van der Waals surface area contributed by atoms with E-state index in [1.165, 1.54) is 6.07 Å². The van der Waals surface area contributed by atoms with E-state index < -0.39 is 28.0 Å². The smallest absolute Gasteiger partial charge is 0.241 e. The number of fused-ring (bicyclic) bond motifs is 1. The maximum atomic E-state index is 13.0. The van der Waals surface area contributed by atoms with Gasteiger partial charge in [-0.3, -0.25) is 4.79 Å². The Morgan fingerprint density at radius 2 is 1.58 bits per heavy atom. The number of hydrogen-bond donors (Lipinski definition) is 2. The molecule has 0 heterocycles. The average Bonchev–Trinajstić information content (AvgIpc) is 2.77. The van der Waals surface area contributed by atoms with Crippen molar-refractivity contribution in [2.45, 2.75) is 37.2 Å². The second-order valence-electron chi connectivity index (χ2n) is 7.79. The summed E-state index contributed by atoms with van der Waals surface area (Å²) in [5, 5.41) is 4.38. The fraction of sp³-hybridized carbons (Fsp3) is 0.250. The maximum absolute atomic E-state index is 13.0. The van der Waals surface area contributed by atoms with Crippen molar-refractivity contribution >= 4 is 33.0 Å². The Morgan fingerprint density at radius 3 is 2.23 bits per heavy atom. The molecule has 1 amide bonds. The van der Waals surface area contributed by atoms with Gasteiger partial charge >= 0.3 is 0 Å². The van der Waals surface area contributed by atoms with Gasteiger partial charge in [0.25, 0.3) is 0 Å². The van der Waals surface area contributed by atoms with Crippen molar-refractivity contribution in [3.63, 3.8) is 0 Å². The van der Waals surface area contributed by atoms with E-state index >= 15 is 0 Å². The highest BCUT2D eigenvalue weighted by atomic mass is 32.2. The molecule has 0 saturated heterocycles. The SMILES string of the molecule is CC(C)[C@H](NS(=O)(=O)c1ccc2ccccc2c1)C(=O)N[C@H](C=O)Cc1ccccc1. The molecule has 0 aliphatic rings. The van der Waals surface area contributed by atoms with Crippen LogP contribution in [-0.2, 0) is 26.0 Å². The molecule has 2 atom stereocenters. The Labute approximate surface area is 182 Å². The van der Waals surface area contributed by atoms with Crippen LogP contribution in [0.3, 0.4) is 0 Å². The second-order valence-corrected chi connectivity index (χ2v) is 9.51. The van der Waals surface area contributed by atoms with Crippen LogP contribution in [0.4, 0.5) is 0 Å². The summed E-state index contributed by atoms with van der Waals surface area (Å²) >= 11 is 0. The first-order chi connectivity index (χ1) is 14.8. The zero-order valence-electron chi connectivity index (χ0n) is 17.5. The number of benzene rings is 3. The Bertz CT molecular complexity index is 1160. The van der Waals surface area contributed by atoms with Gasteiger partial charge in [-0.05, 0) is 40.8 Å². The minimum absolute atomic E-state index is 0.0841. The highest BCUT2D eigenvalue weighted by Gasteiger charge is 2.29. The summed E-state index contributed by atoms with van der Waals surface area (Å²) in [4.78, 5) is 24.5. The highest BCUT2D eigenvalue weighted by Crippen LogP contribution is 2.20. The lowest BCUT2D eigenvalue weighted by atomic mass is 10.0. The number of nitrogens with one attached hydrogen (secondary N) is 2. The van der Waals surface area contributed by atoms with Crippen LogP contribution in [0.5, 0.6) is 0 Å². The Kier molecular flexibility index (Phi) is 7.20. The molecule has 0 aliphatic heterocycles. The standard InChI is InChI=1S/C24H26N2O4S/c1-17(2)23(24(28)25-21(16-27)14-18-8-4-3-5-9-18)26-31(29,30)22-13-12-19-10-6-7-11-20(19)15-22/h3-13,15-17,21,23,26H,14H2,1-2H3,(H,25,28)/t21-,23-/m0/s1. The van der Waals surface area contributed by atoms with E-state index in [0.717, 1.165) is 16.3 Å². The molecule has 0 aromatic heterocycles. The van der Waals surface area contributed by atoms with Crippen LogP contribution in [0.25, 0.3) is 10.8 Å². The number of amides is 1. The molecule has 3 aromatic carbocycles. The molecule has 162 valence electrons. The normalized spacial score (nSPS) is 13.6. The monoisotopic (exact) mass is 438 g/mol. The minimum atomic E-state index is -3.94. The van der Waals surface area contributed by atoms with Crippen LogP contribution >= 0.6 is 0 Å². The van der Waals surface area contributed by atoms with E-state index in [1.807, 2.05) is 54.6 Å². The van der Waals surface area contributed by atoms with Gasteiger partial charge < -0.3 is 10.1 Å². The predicted molar refractivity (Wildman–Crippen MR) is 121 cm³/mol. The van der Waals surface area contributed by atoms with E-state index in [1.54, 1.807) is 26.0 Å². The van der Waals surface area contributed by atoms with Crippen molar-refractivity contribution < 1.29 is 18.0 Å².